The summed E-state index contributed by atoms with van der Waals surface area (Å²) in [5.41, 5.74) is 0. The van der Waals surface area contributed by atoms with Crippen LogP contribution in [0.4, 0.5) is 0 Å². The number of hydrogen-bond acceptors (Lipinski definition) is 0. The largest absolute Gasteiger partial charge is 0.353 e. The zero-order valence-corrected chi connectivity index (χ0v) is 4.71. The van der Waals surface area contributed by atoms with E-state index in [0.717, 1.165) is 5.82 Å². The van der Waals surface area contributed by atoms with Gasteiger partial charge in [-0.3, -0.25) is 0 Å². The normalized spacial score (nSPS) is 9.60. The molecule has 0 aliphatic carbocycles. The molecule has 0 aromatic rings. The molecule has 31 valence electrons. The second-order valence-corrected chi connectivity index (χ2v) is 2.39. The fraction of sp³-hybridized carbons (Fsp3) is 1.00. The van der Waals surface area contributed by atoms with Crippen molar-refractivity contribution in [3.8, 4) is 0 Å². The Morgan fingerprint density at radius 3 is 1.80 bits per heavy atom. The van der Waals surface area contributed by atoms with E-state index in [2.05, 4.69) is 13.8 Å². The molecule has 0 aromatic heterocycles. The average molecular weight is 91.4 g/mol. The van der Waals surface area contributed by atoms with Crippen LogP contribution in [-0.2, 0) is 0 Å². The van der Waals surface area contributed by atoms with E-state index in [1.165, 1.54) is 0 Å². The van der Waals surface area contributed by atoms with Gasteiger partial charge in [-0.1, -0.05) is 13.8 Å². The van der Waals surface area contributed by atoms with Crippen LogP contribution >= 0.6 is 0 Å². The zero-order valence-electron chi connectivity index (χ0n) is 3.96. The Labute approximate surface area is 38.7 Å². The van der Waals surface area contributed by atoms with Gasteiger partial charge >= 0.3 is 6.69 Å². The van der Waals surface area contributed by atoms with Gasteiger partial charge < -0.3 is 0 Å². The van der Waals surface area contributed by atoms with Crippen LogP contribution in [0.3, 0.4) is 0 Å². The lowest BCUT2D eigenvalue weighted by molar-refractivity contribution is -0.183. The molecule has 0 rings (SSSR count). The Hall–Kier alpha value is 0.355. The highest BCUT2D eigenvalue weighted by atomic mass is 35.5. The molecule has 0 aliphatic rings. The lowest BCUT2D eigenvalue weighted by atomic mass is 9.91. The fourth-order valence-corrected chi connectivity index (χ4v) is 0. The molecule has 0 fully saturated rings. The maximum absolute atomic E-state index is 5.46. The third-order valence-corrected chi connectivity index (χ3v) is 1.31. The number of halogens is 1. The highest BCUT2D eigenvalue weighted by Crippen LogP contribution is 1.91. The first-order chi connectivity index (χ1) is 2.27. The molecule has 0 saturated carbocycles. The van der Waals surface area contributed by atoms with E-state index >= 15 is 0 Å². The molecule has 0 amide bonds. The van der Waals surface area contributed by atoms with E-state index in [-0.39, 0.29) is 6.69 Å². The van der Waals surface area contributed by atoms with Crippen molar-refractivity contribution < 1.29 is 11.5 Å². The van der Waals surface area contributed by atoms with Crippen LogP contribution in [0.2, 0.25) is 5.82 Å². The molecule has 0 aliphatic heterocycles. The summed E-state index contributed by atoms with van der Waals surface area (Å²) < 4.78 is 0. The van der Waals surface area contributed by atoms with Crippen molar-refractivity contribution in [1.29, 1.82) is 0 Å². The van der Waals surface area contributed by atoms with Gasteiger partial charge in [0.25, 0.3) is 0 Å². The minimum Gasteiger partial charge on any atom is -0.112 e. The molecule has 1 radical (unpaired) electrons. The summed E-state index contributed by atoms with van der Waals surface area (Å²) in [6.07, 6.45) is 0. The van der Waals surface area contributed by atoms with Crippen LogP contribution in [0.5, 0.6) is 0 Å². The molecule has 0 aromatic carbocycles. The molecule has 0 saturated heterocycles. The Balaban J connectivity index is 2.54. The Morgan fingerprint density at radius 2 is 1.80 bits per heavy atom. The van der Waals surface area contributed by atoms with E-state index in [1.54, 1.807) is 0 Å². The van der Waals surface area contributed by atoms with Crippen molar-refractivity contribution in [2.75, 3.05) is 0 Å². The molecule has 0 bridgehead atoms. The monoisotopic (exact) mass is 91.0 g/mol. The Morgan fingerprint density at radius 1 is 1.60 bits per heavy atom. The highest BCUT2D eigenvalue weighted by molar-refractivity contribution is 6.25. The lowest BCUT2D eigenvalue weighted by Gasteiger charge is -1.84. The van der Waals surface area contributed by atoms with Crippen molar-refractivity contribution in [2.24, 2.45) is 0 Å². The Kier molecular flexibility index (Phi) is 2.77. The SMILES string of the molecule is CC(C)[BH2-][Cl+]. The van der Waals surface area contributed by atoms with Crippen LogP contribution in [0, 0.1) is 11.5 Å². The van der Waals surface area contributed by atoms with Crippen LogP contribution in [0.25, 0.3) is 0 Å². The standard InChI is InChI=1S/C3H9BCl/c1-3(2)4-5/h3H,4H2,1-2H3. The van der Waals surface area contributed by atoms with Crippen molar-refractivity contribution in [3.05, 3.63) is 0 Å². The predicted octanol–water partition coefficient (Wildman–Crippen LogP) is 0.448. The topological polar surface area (TPSA) is 0 Å². The quantitative estimate of drug-likeness (QED) is 0.411. The summed E-state index contributed by atoms with van der Waals surface area (Å²) in [5.74, 6) is 0.775. The molecule has 0 heterocycles. The third kappa shape index (κ3) is 4.35. The minimum absolute atomic E-state index is 0.0833. The molecule has 0 N–H and O–H groups in total. The van der Waals surface area contributed by atoms with Crippen molar-refractivity contribution >= 4 is 6.69 Å². The number of rotatable bonds is 1. The van der Waals surface area contributed by atoms with Crippen molar-refractivity contribution in [3.63, 3.8) is 0 Å². The van der Waals surface area contributed by atoms with Crippen LogP contribution in [-0.4, -0.2) is 6.69 Å². The Bertz CT molecular complexity index is 20.9. The van der Waals surface area contributed by atoms with Gasteiger partial charge in [0, 0.05) is 0 Å². The second kappa shape index (κ2) is 2.58. The van der Waals surface area contributed by atoms with E-state index < -0.39 is 0 Å². The van der Waals surface area contributed by atoms with E-state index in [9.17, 15) is 0 Å². The summed E-state index contributed by atoms with van der Waals surface area (Å²) in [4.78, 5) is 0. The first kappa shape index (κ1) is 5.35. The zero-order chi connectivity index (χ0) is 4.28. The first-order valence-corrected chi connectivity index (χ1v) is 2.87. The summed E-state index contributed by atoms with van der Waals surface area (Å²) in [6.45, 7) is 4.21. The van der Waals surface area contributed by atoms with Gasteiger partial charge in [0.05, 0.1) is 0 Å². The third-order valence-electron chi connectivity index (χ3n) is 0.436. The summed E-state index contributed by atoms with van der Waals surface area (Å²) in [6, 6.07) is 0. The van der Waals surface area contributed by atoms with Gasteiger partial charge in [0.2, 0.25) is 0 Å². The summed E-state index contributed by atoms with van der Waals surface area (Å²) in [5, 5.41) is 0. The molecule has 5 heavy (non-hydrogen) atoms. The van der Waals surface area contributed by atoms with E-state index in [4.69, 9.17) is 11.5 Å². The molecule has 2 heteroatoms. The number of hydrogen-bond donors (Lipinski definition) is 0. The molecular weight excluding hydrogens is 82.3 g/mol. The highest BCUT2D eigenvalue weighted by Gasteiger charge is 1.90. The van der Waals surface area contributed by atoms with Gasteiger partial charge in [-0.25, -0.2) is 0 Å². The van der Waals surface area contributed by atoms with Gasteiger partial charge in [-0.05, 0) is 0 Å². The molecule has 0 spiro atoms. The molecule has 0 atom stereocenters. The van der Waals surface area contributed by atoms with Crippen LogP contribution < -0.4 is 0 Å². The van der Waals surface area contributed by atoms with Gasteiger partial charge in [-0.15, -0.1) is 5.82 Å². The molecular formula is C3H9BCl. The van der Waals surface area contributed by atoms with Crippen LogP contribution in [0.1, 0.15) is 13.8 Å². The molecule has 0 nitrogen and oxygen atoms in total. The smallest absolute Gasteiger partial charge is 0.112 e. The van der Waals surface area contributed by atoms with Crippen molar-refractivity contribution in [2.45, 2.75) is 19.7 Å². The van der Waals surface area contributed by atoms with E-state index in [1.807, 2.05) is 0 Å². The summed E-state index contributed by atoms with van der Waals surface area (Å²) >= 11 is 5.46. The molecule has 0 unspecified atom stereocenters. The first-order valence-electron chi connectivity index (χ1n) is 2.11. The van der Waals surface area contributed by atoms with E-state index in [0.29, 0.717) is 0 Å². The fourth-order valence-electron chi connectivity index (χ4n) is 0. The van der Waals surface area contributed by atoms with Crippen molar-refractivity contribution in [1.82, 2.24) is 0 Å². The van der Waals surface area contributed by atoms with Gasteiger partial charge in [-0.2, -0.15) is 0 Å². The average Bonchev–Trinajstić information content (AvgIpc) is 1.38. The van der Waals surface area contributed by atoms with Crippen LogP contribution in [0.15, 0.2) is 0 Å². The predicted molar refractivity (Wildman–Crippen MR) is 23.6 cm³/mol. The van der Waals surface area contributed by atoms with Gasteiger partial charge in [0.1, 0.15) is 11.5 Å². The minimum atomic E-state index is -0.0833. The maximum Gasteiger partial charge on any atom is 0.353 e. The second-order valence-electron chi connectivity index (χ2n) is 1.95. The maximum atomic E-state index is 5.46. The lowest BCUT2D eigenvalue weighted by Crippen LogP contribution is -1.85. The van der Waals surface area contributed by atoms with Gasteiger partial charge in [0.15, 0.2) is 0 Å². The summed E-state index contributed by atoms with van der Waals surface area (Å²) in [7, 11) is 0.